The smallest absolute Gasteiger partial charge is 0.151 e. The average Bonchev–Trinajstić information content (AvgIpc) is 2.20. The molecular formula is C9H12N3O. The van der Waals surface area contributed by atoms with Crippen molar-refractivity contribution in [3.8, 4) is 0 Å². The van der Waals surface area contributed by atoms with Gasteiger partial charge in [-0.15, -0.1) is 10.2 Å². The minimum Gasteiger partial charge on any atom is -0.393 e. The Bertz CT molecular complexity index is 257. The molecule has 4 heteroatoms. The molecule has 2 heterocycles. The van der Waals surface area contributed by atoms with Crippen molar-refractivity contribution in [1.29, 1.82) is 0 Å². The van der Waals surface area contributed by atoms with Crippen molar-refractivity contribution in [2.45, 2.75) is 18.9 Å². The molecule has 0 unspecified atom stereocenters. The highest BCUT2D eigenvalue weighted by Gasteiger charge is 2.17. The van der Waals surface area contributed by atoms with Gasteiger partial charge in [0.25, 0.3) is 0 Å². The highest BCUT2D eigenvalue weighted by atomic mass is 16.3. The lowest BCUT2D eigenvalue weighted by Gasteiger charge is -2.29. The maximum atomic E-state index is 9.30. The second kappa shape index (κ2) is 3.70. The molecule has 1 aliphatic heterocycles. The van der Waals surface area contributed by atoms with Crippen LogP contribution < -0.4 is 4.90 Å². The predicted molar refractivity (Wildman–Crippen MR) is 48.3 cm³/mol. The fraction of sp³-hybridized carbons (Fsp3) is 0.556. The zero-order chi connectivity index (χ0) is 9.10. The van der Waals surface area contributed by atoms with Crippen LogP contribution in [0.1, 0.15) is 12.8 Å². The zero-order valence-corrected chi connectivity index (χ0v) is 7.35. The van der Waals surface area contributed by atoms with Crippen LogP contribution in [0.5, 0.6) is 0 Å². The lowest BCUT2D eigenvalue weighted by Crippen LogP contribution is -2.36. The van der Waals surface area contributed by atoms with E-state index < -0.39 is 0 Å². The first-order valence-corrected chi connectivity index (χ1v) is 4.49. The molecule has 1 aliphatic rings. The van der Waals surface area contributed by atoms with Crippen LogP contribution in [0.4, 0.5) is 5.82 Å². The van der Waals surface area contributed by atoms with E-state index in [1.807, 2.05) is 6.07 Å². The molecule has 13 heavy (non-hydrogen) atoms. The van der Waals surface area contributed by atoms with Gasteiger partial charge in [-0.2, -0.15) is 0 Å². The van der Waals surface area contributed by atoms with Gasteiger partial charge in [0.05, 0.1) is 6.10 Å². The maximum absolute atomic E-state index is 9.30. The molecule has 0 bridgehead atoms. The van der Waals surface area contributed by atoms with E-state index in [0.717, 1.165) is 31.7 Å². The fourth-order valence-corrected chi connectivity index (χ4v) is 1.52. The van der Waals surface area contributed by atoms with Gasteiger partial charge in [0.1, 0.15) is 6.20 Å². The van der Waals surface area contributed by atoms with Gasteiger partial charge in [-0.1, -0.05) is 0 Å². The number of aliphatic hydroxyl groups is 1. The zero-order valence-electron chi connectivity index (χ0n) is 7.35. The minimum atomic E-state index is -0.139. The third-order valence-corrected chi connectivity index (χ3v) is 2.31. The summed E-state index contributed by atoms with van der Waals surface area (Å²) in [5, 5.41) is 17.0. The van der Waals surface area contributed by atoms with Crippen LogP contribution in [-0.2, 0) is 0 Å². The molecule has 2 rings (SSSR count). The van der Waals surface area contributed by atoms with E-state index in [1.165, 1.54) is 0 Å². The highest BCUT2D eigenvalue weighted by molar-refractivity contribution is 5.36. The summed E-state index contributed by atoms with van der Waals surface area (Å²) in [5.41, 5.74) is 0. The van der Waals surface area contributed by atoms with Crippen molar-refractivity contribution < 1.29 is 5.11 Å². The number of piperidine rings is 1. The van der Waals surface area contributed by atoms with Gasteiger partial charge in [-0.3, -0.25) is 0 Å². The first kappa shape index (κ1) is 8.44. The van der Waals surface area contributed by atoms with E-state index >= 15 is 0 Å². The third-order valence-electron chi connectivity index (χ3n) is 2.31. The first-order chi connectivity index (χ1) is 6.36. The molecule has 1 radical (unpaired) electrons. The molecule has 0 aliphatic carbocycles. The Hall–Kier alpha value is -1.16. The molecule has 1 N–H and O–H groups in total. The lowest BCUT2D eigenvalue weighted by atomic mass is 10.1. The molecule has 0 amide bonds. The standard InChI is InChI=1S/C9H12N3O/c13-8-3-6-12(7-4-8)9-2-1-5-10-11-9/h1-2,8,13H,3-4,6-7H2. The molecular weight excluding hydrogens is 166 g/mol. The monoisotopic (exact) mass is 178 g/mol. The van der Waals surface area contributed by atoms with Crippen molar-refractivity contribution in [2.24, 2.45) is 0 Å². The summed E-state index contributed by atoms with van der Waals surface area (Å²) in [6, 6.07) is 3.65. The maximum Gasteiger partial charge on any atom is 0.151 e. The molecule has 1 aromatic rings. The van der Waals surface area contributed by atoms with Gasteiger partial charge in [-0.05, 0) is 25.0 Å². The summed E-state index contributed by atoms with van der Waals surface area (Å²) < 4.78 is 0. The van der Waals surface area contributed by atoms with Crippen molar-refractivity contribution in [1.82, 2.24) is 10.2 Å². The normalized spacial score (nSPS) is 19.0. The summed E-state index contributed by atoms with van der Waals surface area (Å²) in [6.07, 6.45) is 4.14. The number of anilines is 1. The summed E-state index contributed by atoms with van der Waals surface area (Å²) in [4.78, 5) is 2.13. The number of aliphatic hydroxyl groups excluding tert-OH is 1. The third kappa shape index (κ3) is 1.95. The quantitative estimate of drug-likeness (QED) is 0.669. The largest absolute Gasteiger partial charge is 0.393 e. The van der Waals surface area contributed by atoms with Gasteiger partial charge < -0.3 is 10.0 Å². The van der Waals surface area contributed by atoms with E-state index in [9.17, 15) is 5.11 Å². The van der Waals surface area contributed by atoms with Crippen molar-refractivity contribution in [3.05, 3.63) is 18.3 Å². The number of nitrogens with zero attached hydrogens (tertiary/aromatic N) is 3. The molecule has 0 spiro atoms. The van der Waals surface area contributed by atoms with Crippen LogP contribution in [0.25, 0.3) is 0 Å². The summed E-state index contributed by atoms with van der Waals surface area (Å²) in [6.45, 7) is 1.72. The highest BCUT2D eigenvalue weighted by Crippen LogP contribution is 2.15. The van der Waals surface area contributed by atoms with Gasteiger partial charge in [0.2, 0.25) is 0 Å². The predicted octanol–water partition coefficient (Wildman–Crippen LogP) is 0.238. The second-order valence-corrected chi connectivity index (χ2v) is 3.24. The molecule has 1 fully saturated rings. The van der Waals surface area contributed by atoms with Crippen molar-refractivity contribution in [2.75, 3.05) is 18.0 Å². The van der Waals surface area contributed by atoms with Gasteiger partial charge in [0, 0.05) is 13.1 Å². The van der Waals surface area contributed by atoms with Crippen LogP contribution >= 0.6 is 0 Å². The van der Waals surface area contributed by atoms with E-state index in [2.05, 4.69) is 21.3 Å². The van der Waals surface area contributed by atoms with Crippen LogP contribution in [0.3, 0.4) is 0 Å². The van der Waals surface area contributed by atoms with Gasteiger partial charge in [0.15, 0.2) is 5.82 Å². The Morgan fingerprint density at radius 1 is 1.46 bits per heavy atom. The Balaban J connectivity index is 2.03. The average molecular weight is 178 g/mol. The molecule has 1 aromatic heterocycles. The lowest BCUT2D eigenvalue weighted by molar-refractivity contribution is 0.145. The molecule has 4 nitrogen and oxygen atoms in total. The number of hydrogen-bond donors (Lipinski definition) is 1. The Morgan fingerprint density at radius 3 is 2.85 bits per heavy atom. The Kier molecular flexibility index (Phi) is 2.40. The van der Waals surface area contributed by atoms with E-state index in [-0.39, 0.29) is 6.10 Å². The SMILES string of the molecule is OC1CCN(c2cc[c]nn2)CC1. The molecule has 0 aromatic carbocycles. The van der Waals surface area contributed by atoms with Crippen molar-refractivity contribution in [3.63, 3.8) is 0 Å². The summed E-state index contributed by atoms with van der Waals surface area (Å²) in [5.74, 6) is 0.880. The van der Waals surface area contributed by atoms with Crippen LogP contribution in [0.2, 0.25) is 0 Å². The summed E-state index contributed by atoms with van der Waals surface area (Å²) >= 11 is 0. The number of rotatable bonds is 1. The second-order valence-electron chi connectivity index (χ2n) is 3.24. The van der Waals surface area contributed by atoms with E-state index in [0.29, 0.717) is 0 Å². The minimum absolute atomic E-state index is 0.139. The molecule has 69 valence electrons. The van der Waals surface area contributed by atoms with E-state index in [1.54, 1.807) is 6.07 Å². The topological polar surface area (TPSA) is 49.2 Å². The van der Waals surface area contributed by atoms with Gasteiger partial charge >= 0.3 is 0 Å². The molecule has 0 saturated carbocycles. The number of aromatic nitrogens is 2. The first-order valence-electron chi connectivity index (χ1n) is 4.49. The summed E-state index contributed by atoms with van der Waals surface area (Å²) in [7, 11) is 0. The van der Waals surface area contributed by atoms with E-state index in [4.69, 9.17) is 0 Å². The molecule has 0 atom stereocenters. The Labute approximate surface area is 77.2 Å². The van der Waals surface area contributed by atoms with Crippen LogP contribution in [0.15, 0.2) is 12.1 Å². The van der Waals surface area contributed by atoms with Crippen LogP contribution in [0, 0.1) is 6.20 Å². The van der Waals surface area contributed by atoms with Gasteiger partial charge in [-0.25, -0.2) is 0 Å². The Morgan fingerprint density at radius 2 is 2.23 bits per heavy atom. The van der Waals surface area contributed by atoms with Crippen molar-refractivity contribution >= 4 is 5.82 Å². The number of hydrogen-bond acceptors (Lipinski definition) is 4. The molecule has 1 saturated heterocycles. The fourth-order valence-electron chi connectivity index (χ4n) is 1.52. The van der Waals surface area contributed by atoms with Crippen LogP contribution in [-0.4, -0.2) is 34.5 Å².